The first-order valence-electron chi connectivity index (χ1n) is 9.15. The number of carbonyl (C=O) groups excluding carboxylic acids is 2. The van der Waals surface area contributed by atoms with Crippen LogP contribution in [0.25, 0.3) is 0 Å². The Morgan fingerprint density at radius 3 is 2.13 bits per heavy atom. The van der Waals surface area contributed by atoms with Crippen LogP contribution in [0.3, 0.4) is 0 Å². The van der Waals surface area contributed by atoms with Gasteiger partial charge < -0.3 is 5.32 Å². The second-order valence-electron chi connectivity index (χ2n) is 6.78. The fourth-order valence-electron chi connectivity index (χ4n) is 3.04. The predicted octanol–water partition coefficient (Wildman–Crippen LogP) is 1.55. The highest BCUT2D eigenvalue weighted by Crippen LogP contribution is 2.22. The zero-order chi connectivity index (χ0) is 21.9. The van der Waals surface area contributed by atoms with Crippen LogP contribution in [0.2, 0.25) is 0 Å². The molecule has 3 rings (SSSR count). The van der Waals surface area contributed by atoms with Crippen LogP contribution in [0.15, 0.2) is 58.3 Å². The molecule has 1 fully saturated rings. The summed E-state index contributed by atoms with van der Waals surface area (Å²) >= 11 is 0. The largest absolute Gasteiger partial charge is 0.322 e. The van der Waals surface area contributed by atoms with Gasteiger partial charge in [0.2, 0.25) is 15.9 Å². The standard InChI is InChI=1S/C19H21N3O6S2/c1-14(23)21-29(25,26)17-9-7-16(8-10-17)20-19(24)15-5-4-6-18(13-15)30(27,28)22-11-2-3-12-22/h4-10,13H,2-3,11-12H2,1H3,(H,20,24)(H,21,23). The van der Waals surface area contributed by atoms with Crippen molar-refractivity contribution >= 4 is 37.5 Å². The fourth-order valence-corrected chi connectivity index (χ4v) is 5.60. The Labute approximate surface area is 175 Å². The van der Waals surface area contributed by atoms with Gasteiger partial charge >= 0.3 is 0 Å². The molecule has 2 amide bonds. The van der Waals surface area contributed by atoms with Crippen LogP contribution < -0.4 is 10.0 Å². The van der Waals surface area contributed by atoms with Gasteiger partial charge in [-0.3, -0.25) is 9.59 Å². The Hall–Kier alpha value is -2.76. The van der Waals surface area contributed by atoms with E-state index in [1.54, 1.807) is 0 Å². The van der Waals surface area contributed by atoms with Crippen molar-refractivity contribution in [1.29, 1.82) is 0 Å². The van der Waals surface area contributed by atoms with Crippen LogP contribution in [0.5, 0.6) is 0 Å². The van der Waals surface area contributed by atoms with Gasteiger partial charge in [-0.15, -0.1) is 0 Å². The summed E-state index contributed by atoms with van der Waals surface area (Å²) < 4.78 is 52.5. The predicted molar refractivity (Wildman–Crippen MR) is 110 cm³/mol. The van der Waals surface area contributed by atoms with Gasteiger partial charge in [0, 0.05) is 31.3 Å². The van der Waals surface area contributed by atoms with E-state index in [1.807, 2.05) is 4.72 Å². The first-order valence-corrected chi connectivity index (χ1v) is 12.1. The molecule has 0 saturated carbocycles. The van der Waals surface area contributed by atoms with E-state index in [0.29, 0.717) is 18.8 Å². The van der Waals surface area contributed by atoms with E-state index in [9.17, 15) is 26.4 Å². The topological polar surface area (TPSA) is 130 Å². The van der Waals surface area contributed by atoms with E-state index in [0.717, 1.165) is 19.8 Å². The Bertz CT molecular complexity index is 1170. The number of sulfonamides is 2. The molecule has 0 aromatic heterocycles. The van der Waals surface area contributed by atoms with Gasteiger partial charge in [-0.1, -0.05) is 6.07 Å². The lowest BCUT2D eigenvalue weighted by Gasteiger charge is -2.16. The molecule has 0 spiro atoms. The van der Waals surface area contributed by atoms with Crippen LogP contribution in [-0.4, -0.2) is 46.0 Å². The van der Waals surface area contributed by atoms with E-state index >= 15 is 0 Å². The Kier molecular flexibility index (Phi) is 6.25. The minimum atomic E-state index is -3.97. The minimum absolute atomic E-state index is 0.0498. The van der Waals surface area contributed by atoms with Crippen molar-refractivity contribution in [2.45, 2.75) is 29.6 Å². The summed E-state index contributed by atoms with van der Waals surface area (Å²) in [5.41, 5.74) is 0.472. The van der Waals surface area contributed by atoms with Crippen LogP contribution in [0, 0.1) is 0 Å². The lowest BCUT2D eigenvalue weighted by Crippen LogP contribution is -2.28. The van der Waals surface area contributed by atoms with Crippen LogP contribution in [-0.2, 0) is 24.8 Å². The maximum atomic E-state index is 12.7. The van der Waals surface area contributed by atoms with Gasteiger partial charge in [0.15, 0.2) is 0 Å². The quantitative estimate of drug-likeness (QED) is 0.685. The number of anilines is 1. The molecule has 1 aliphatic rings. The zero-order valence-electron chi connectivity index (χ0n) is 16.2. The van der Waals surface area contributed by atoms with Crippen LogP contribution in [0.1, 0.15) is 30.1 Å². The smallest absolute Gasteiger partial charge is 0.264 e. The average molecular weight is 452 g/mol. The summed E-state index contributed by atoms with van der Waals surface area (Å²) in [4.78, 5) is 23.5. The molecular formula is C19H21N3O6S2. The number of amides is 2. The molecule has 11 heteroatoms. The molecule has 0 bridgehead atoms. The molecule has 2 aromatic rings. The molecule has 0 aliphatic carbocycles. The van der Waals surface area contributed by atoms with Crippen molar-refractivity contribution in [1.82, 2.24) is 9.03 Å². The molecule has 0 atom stereocenters. The van der Waals surface area contributed by atoms with Crippen molar-refractivity contribution in [3.05, 3.63) is 54.1 Å². The third-order valence-electron chi connectivity index (χ3n) is 4.50. The number of benzene rings is 2. The molecule has 0 radical (unpaired) electrons. The normalized spacial score (nSPS) is 15.0. The first-order chi connectivity index (χ1) is 14.1. The van der Waals surface area contributed by atoms with E-state index in [4.69, 9.17) is 0 Å². The molecule has 9 nitrogen and oxygen atoms in total. The lowest BCUT2D eigenvalue weighted by atomic mass is 10.2. The van der Waals surface area contributed by atoms with Crippen molar-refractivity contribution < 1.29 is 26.4 Å². The van der Waals surface area contributed by atoms with E-state index in [-0.39, 0.29) is 15.4 Å². The summed E-state index contributed by atoms with van der Waals surface area (Å²) in [6.45, 7) is 2.02. The number of hydrogen-bond acceptors (Lipinski definition) is 6. The van der Waals surface area contributed by atoms with Crippen molar-refractivity contribution in [2.24, 2.45) is 0 Å². The number of rotatable bonds is 6. The minimum Gasteiger partial charge on any atom is -0.322 e. The van der Waals surface area contributed by atoms with Crippen molar-refractivity contribution in [2.75, 3.05) is 18.4 Å². The van der Waals surface area contributed by atoms with Crippen molar-refractivity contribution in [3.63, 3.8) is 0 Å². The highest BCUT2D eigenvalue weighted by molar-refractivity contribution is 7.90. The van der Waals surface area contributed by atoms with Gasteiger partial charge in [0.1, 0.15) is 0 Å². The summed E-state index contributed by atoms with van der Waals surface area (Å²) in [6.07, 6.45) is 1.63. The van der Waals surface area contributed by atoms with Gasteiger partial charge in [-0.25, -0.2) is 21.6 Å². The summed E-state index contributed by atoms with van der Waals surface area (Å²) in [6, 6.07) is 11.0. The summed E-state index contributed by atoms with van der Waals surface area (Å²) in [5.74, 6) is -1.25. The van der Waals surface area contributed by atoms with Gasteiger partial charge in [-0.05, 0) is 55.3 Å². The molecule has 1 aliphatic heterocycles. The Balaban J connectivity index is 1.76. The van der Waals surface area contributed by atoms with E-state index in [2.05, 4.69) is 5.32 Å². The van der Waals surface area contributed by atoms with E-state index < -0.39 is 31.9 Å². The number of nitrogens with one attached hydrogen (secondary N) is 2. The zero-order valence-corrected chi connectivity index (χ0v) is 17.8. The SMILES string of the molecule is CC(=O)NS(=O)(=O)c1ccc(NC(=O)c2cccc(S(=O)(=O)N3CCCC3)c2)cc1. The lowest BCUT2D eigenvalue weighted by molar-refractivity contribution is -0.117. The Morgan fingerprint density at radius 2 is 1.53 bits per heavy atom. The van der Waals surface area contributed by atoms with Crippen LogP contribution >= 0.6 is 0 Å². The molecule has 1 heterocycles. The number of nitrogens with zero attached hydrogens (tertiary/aromatic N) is 1. The molecule has 1 saturated heterocycles. The first kappa shape index (κ1) is 21.9. The monoisotopic (exact) mass is 451 g/mol. The van der Waals surface area contributed by atoms with Gasteiger partial charge in [0.25, 0.3) is 15.9 Å². The highest BCUT2D eigenvalue weighted by Gasteiger charge is 2.27. The number of carbonyl (C=O) groups is 2. The average Bonchev–Trinajstić information content (AvgIpc) is 3.23. The molecule has 2 N–H and O–H groups in total. The second-order valence-corrected chi connectivity index (χ2v) is 10.4. The second kappa shape index (κ2) is 8.54. The molecule has 0 unspecified atom stereocenters. The van der Waals surface area contributed by atoms with E-state index in [1.165, 1.54) is 52.8 Å². The highest BCUT2D eigenvalue weighted by atomic mass is 32.2. The molecular weight excluding hydrogens is 430 g/mol. The molecule has 2 aromatic carbocycles. The molecule has 160 valence electrons. The van der Waals surface area contributed by atoms with Gasteiger partial charge in [-0.2, -0.15) is 4.31 Å². The maximum Gasteiger partial charge on any atom is 0.264 e. The Morgan fingerprint density at radius 1 is 0.900 bits per heavy atom. The molecule has 30 heavy (non-hydrogen) atoms. The number of hydrogen-bond donors (Lipinski definition) is 2. The summed E-state index contributed by atoms with van der Waals surface area (Å²) in [7, 11) is -7.62. The maximum absolute atomic E-state index is 12.7. The third-order valence-corrected chi connectivity index (χ3v) is 7.84. The van der Waals surface area contributed by atoms with Crippen molar-refractivity contribution in [3.8, 4) is 0 Å². The van der Waals surface area contributed by atoms with Gasteiger partial charge in [0.05, 0.1) is 9.79 Å². The fraction of sp³-hybridized carbons (Fsp3) is 0.263. The van der Waals surface area contributed by atoms with Crippen LogP contribution in [0.4, 0.5) is 5.69 Å². The third kappa shape index (κ3) is 4.86. The summed E-state index contributed by atoms with van der Waals surface area (Å²) in [5, 5.41) is 2.60.